The molecule has 1 fully saturated rings. The van der Waals surface area contributed by atoms with Crippen molar-refractivity contribution in [2.24, 2.45) is 16.3 Å². The third-order valence-corrected chi connectivity index (χ3v) is 5.81. The Morgan fingerprint density at radius 1 is 1.17 bits per heavy atom. The number of guanidine groups is 1. The van der Waals surface area contributed by atoms with E-state index in [4.69, 9.17) is 4.74 Å². The molecule has 0 radical (unpaired) electrons. The van der Waals surface area contributed by atoms with Gasteiger partial charge in [0.2, 0.25) is 0 Å². The molecule has 1 saturated heterocycles. The van der Waals surface area contributed by atoms with E-state index in [0.29, 0.717) is 12.0 Å². The average molecular weight is 403 g/mol. The van der Waals surface area contributed by atoms with Crippen LogP contribution in [0.3, 0.4) is 0 Å². The minimum absolute atomic E-state index is 0.162. The molecule has 0 aromatic heterocycles. The first-order chi connectivity index (χ1) is 13.9. The summed E-state index contributed by atoms with van der Waals surface area (Å²) in [5.41, 5.74) is 2.81. The van der Waals surface area contributed by atoms with Gasteiger partial charge in [-0.2, -0.15) is 0 Å². The van der Waals surface area contributed by atoms with Gasteiger partial charge in [0.15, 0.2) is 5.96 Å². The molecule has 29 heavy (non-hydrogen) atoms. The van der Waals surface area contributed by atoms with Crippen LogP contribution in [0, 0.1) is 11.3 Å². The predicted molar refractivity (Wildman–Crippen MR) is 123 cm³/mol. The van der Waals surface area contributed by atoms with E-state index >= 15 is 0 Å². The minimum atomic E-state index is 0.162. The Balaban J connectivity index is 1.87. The van der Waals surface area contributed by atoms with E-state index in [1.807, 2.05) is 7.05 Å². The Hall–Kier alpha value is -1.59. The van der Waals surface area contributed by atoms with Crippen molar-refractivity contribution in [1.82, 2.24) is 15.5 Å². The molecule has 164 valence electrons. The standard InChI is InChI=1S/C24H42N4O/c1-7-28(8-2)18-20-12-9-11-19(15-20)16-26-23(25-6)27-17-21-13-10-14-29-22(21)24(3,4)5/h9,11-12,15,21-22H,7-8,10,13-14,16-18H2,1-6H3,(H2,25,26,27). The highest BCUT2D eigenvalue weighted by Crippen LogP contribution is 2.33. The molecular weight excluding hydrogens is 360 g/mol. The van der Waals surface area contributed by atoms with Gasteiger partial charge in [0.1, 0.15) is 0 Å². The van der Waals surface area contributed by atoms with Gasteiger partial charge in [-0.15, -0.1) is 0 Å². The lowest BCUT2D eigenvalue weighted by atomic mass is 9.78. The molecule has 1 aliphatic rings. The van der Waals surface area contributed by atoms with Gasteiger partial charge in [0.25, 0.3) is 0 Å². The van der Waals surface area contributed by atoms with Gasteiger partial charge in [-0.3, -0.25) is 9.89 Å². The largest absolute Gasteiger partial charge is 0.377 e. The molecule has 1 aromatic carbocycles. The highest BCUT2D eigenvalue weighted by atomic mass is 16.5. The summed E-state index contributed by atoms with van der Waals surface area (Å²) < 4.78 is 6.11. The Labute approximate surface area is 178 Å². The zero-order valence-corrected chi connectivity index (χ0v) is 19.4. The van der Waals surface area contributed by atoms with E-state index in [2.05, 4.69) is 79.4 Å². The van der Waals surface area contributed by atoms with Crippen molar-refractivity contribution >= 4 is 5.96 Å². The lowest BCUT2D eigenvalue weighted by Crippen LogP contribution is -2.47. The minimum Gasteiger partial charge on any atom is -0.377 e. The smallest absolute Gasteiger partial charge is 0.191 e. The van der Waals surface area contributed by atoms with E-state index in [1.165, 1.54) is 17.5 Å². The van der Waals surface area contributed by atoms with Crippen LogP contribution in [0.5, 0.6) is 0 Å². The summed E-state index contributed by atoms with van der Waals surface area (Å²) >= 11 is 0. The molecule has 0 spiro atoms. The molecule has 1 aliphatic heterocycles. The Morgan fingerprint density at radius 3 is 2.55 bits per heavy atom. The predicted octanol–water partition coefficient (Wildman–Crippen LogP) is 4.03. The van der Waals surface area contributed by atoms with Crippen LogP contribution >= 0.6 is 0 Å². The highest BCUT2D eigenvalue weighted by molar-refractivity contribution is 5.79. The maximum absolute atomic E-state index is 6.11. The molecule has 0 saturated carbocycles. The third kappa shape index (κ3) is 7.63. The number of rotatable bonds is 8. The maximum atomic E-state index is 6.11. The number of aliphatic imine (C=N–C) groups is 1. The fraction of sp³-hybridized carbons (Fsp3) is 0.708. The zero-order chi connectivity index (χ0) is 21.3. The van der Waals surface area contributed by atoms with Crippen molar-refractivity contribution in [3.63, 3.8) is 0 Å². The molecule has 0 bridgehead atoms. The number of benzene rings is 1. The summed E-state index contributed by atoms with van der Waals surface area (Å²) in [7, 11) is 1.84. The summed E-state index contributed by atoms with van der Waals surface area (Å²) in [5, 5.41) is 7.00. The van der Waals surface area contributed by atoms with Gasteiger partial charge >= 0.3 is 0 Å². The number of hydrogen-bond acceptors (Lipinski definition) is 3. The summed E-state index contributed by atoms with van der Waals surface area (Å²) in [6.45, 7) is 17.0. The lowest BCUT2D eigenvalue weighted by molar-refractivity contribution is -0.0835. The van der Waals surface area contributed by atoms with Crippen molar-refractivity contribution in [2.45, 2.75) is 66.7 Å². The second-order valence-electron chi connectivity index (χ2n) is 9.15. The second kappa shape index (κ2) is 11.6. The van der Waals surface area contributed by atoms with Crippen LogP contribution in [-0.2, 0) is 17.8 Å². The van der Waals surface area contributed by atoms with Gasteiger partial charge < -0.3 is 15.4 Å². The van der Waals surface area contributed by atoms with E-state index < -0.39 is 0 Å². The number of nitrogens with one attached hydrogen (secondary N) is 2. The fourth-order valence-electron chi connectivity index (χ4n) is 4.19. The summed E-state index contributed by atoms with van der Waals surface area (Å²) in [5.74, 6) is 1.37. The van der Waals surface area contributed by atoms with Crippen LogP contribution in [0.4, 0.5) is 0 Å². The van der Waals surface area contributed by atoms with Gasteiger partial charge in [0.05, 0.1) is 6.10 Å². The third-order valence-electron chi connectivity index (χ3n) is 5.81. The summed E-state index contributed by atoms with van der Waals surface area (Å²) in [4.78, 5) is 6.85. The lowest BCUT2D eigenvalue weighted by Gasteiger charge is -2.40. The summed E-state index contributed by atoms with van der Waals surface area (Å²) in [6, 6.07) is 8.84. The quantitative estimate of drug-likeness (QED) is 0.509. The number of hydrogen-bond donors (Lipinski definition) is 2. The first kappa shape index (κ1) is 23.7. The number of nitrogens with zero attached hydrogens (tertiary/aromatic N) is 2. The molecular formula is C24H42N4O. The normalized spacial score (nSPS) is 20.7. The fourth-order valence-corrected chi connectivity index (χ4v) is 4.19. The first-order valence-corrected chi connectivity index (χ1v) is 11.2. The second-order valence-corrected chi connectivity index (χ2v) is 9.15. The van der Waals surface area contributed by atoms with Crippen molar-refractivity contribution in [2.75, 3.05) is 33.3 Å². The maximum Gasteiger partial charge on any atom is 0.191 e. The van der Waals surface area contributed by atoms with E-state index in [-0.39, 0.29) is 5.41 Å². The molecule has 0 aliphatic carbocycles. The van der Waals surface area contributed by atoms with Gasteiger partial charge in [-0.05, 0) is 42.5 Å². The molecule has 2 rings (SSSR count). The molecule has 0 amide bonds. The molecule has 2 unspecified atom stereocenters. The molecule has 5 heteroatoms. The van der Waals surface area contributed by atoms with E-state index in [1.54, 1.807) is 0 Å². The Bertz CT molecular complexity index is 634. The van der Waals surface area contributed by atoms with Crippen LogP contribution in [-0.4, -0.2) is 50.3 Å². The van der Waals surface area contributed by atoms with Gasteiger partial charge in [-0.25, -0.2) is 0 Å². The van der Waals surface area contributed by atoms with Gasteiger partial charge in [0, 0.05) is 39.2 Å². The SMILES string of the molecule is CCN(CC)Cc1cccc(CNC(=NC)NCC2CCCOC2C(C)(C)C)c1. The van der Waals surface area contributed by atoms with Crippen molar-refractivity contribution in [3.8, 4) is 0 Å². The molecule has 1 heterocycles. The number of ether oxygens (including phenoxy) is 1. The summed E-state index contributed by atoms with van der Waals surface area (Å²) in [6.07, 6.45) is 2.64. The van der Waals surface area contributed by atoms with Crippen LogP contribution in [0.2, 0.25) is 0 Å². The monoisotopic (exact) mass is 402 g/mol. The average Bonchev–Trinajstić information content (AvgIpc) is 2.72. The first-order valence-electron chi connectivity index (χ1n) is 11.2. The molecule has 2 atom stereocenters. The Kier molecular flexibility index (Phi) is 9.44. The van der Waals surface area contributed by atoms with Gasteiger partial charge in [-0.1, -0.05) is 58.9 Å². The van der Waals surface area contributed by atoms with Crippen LogP contribution in [0.1, 0.15) is 58.6 Å². The van der Waals surface area contributed by atoms with Crippen LogP contribution in [0.15, 0.2) is 29.3 Å². The topological polar surface area (TPSA) is 48.9 Å². The zero-order valence-electron chi connectivity index (χ0n) is 19.4. The van der Waals surface area contributed by atoms with Crippen LogP contribution in [0.25, 0.3) is 0 Å². The van der Waals surface area contributed by atoms with Crippen molar-refractivity contribution in [1.29, 1.82) is 0 Å². The Morgan fingerprint density at radius 2 is 1.90 bits per heavy atom. The van der Waals surface area contributed by atoms with Crippen LogP contribution < -0.4 is 10.6 Å². The van der Waals surface area contributed by atoms with E-state index in [9.17, 15) is 0 Å². The van der Waals surface area contributed by atoms with E-state index in [0.717, 1.165) is 51.7 Å². The molecule has 1 aromatic rings. The van der Waals surface area contributed by atoms with Crippen molar-refractivity contribution in [3.05, 3.63) is 35.4 Å². The molecule has 2 N–H and O–H groups in total. The highest BCUT2D eigenvalue weighted by Gasteiger charge is 2.35. The van der Waals surface area contributed by atoms with Crippen molar-refractivity contribution < 1.29 is 4.74 Å². The molecule has 5 nitrogen and oxygen atoms in total.